The van der Waals surface area contributed by atoms with Crippen molar-refractivity contribution < 1.29 is 20.1 Å². The second-order valence-corrected chi connectivity index (χ2v) is 6.76. The maximum Gasteiger partial charge on any atom is 0.169 e. The molecule has 0 spiro atoms. The number of hydrogen-bond donors (Lipinski definition) is 3. The highest BCUT2D eigenvalue weighted by Gasteiger charge is 2.33. The zero-order valence-electron chi connectivity index (χ0n) is 15.1. The van der Waals surface area contributed by atoms with E-state index < -0.39 is 24.6 Å². The van der Waals surface area contributed by atoms with E-state index in [9.17, 15) is 9.90 Å². The zero-order valence-corrected chi connectivity index (χ0v) is 15.1. The summed E-state index contributed by atoms with van der Waals surface area (Å²) in [6.45, 7) is 0.830. The average Bonchev–Trinajstić information content (AvgIpc) is 2.58. The Bertz CT molecular complexity index is 275. The van der Waals surface area contributed by atoms with Crippen LogP contribution in [0.15, 0.2) is 0 Å². The molecule has 0 aliphatic heterocycles. The van der Waals surface area contributed by atoms with Crippen LogP contribution in [0, 0.1) is 0 Å². The molecule has 4 heteroatoms. The molecule has 0 aromatic rings. The van der Waals surface area contributed by atoms with Gasteiger partial charge in [0.05, 0.1) is 13.2 Å². The highest BCUT2D eigenvalue weighted by Crippen LogP contribution is 2.14. The molecule has 0 saturated carbocycles. The molecular weight excluding hydrogens is 292 g/mol. The molecule has 0 aliphatic carbocycles. The molecule has 23 heavy (non-hydrogen) atoms. The molecule has 0 aliphatic rings. The Balaban J connectivity index is 3.32. The number of Topliss-reactive ketones (excluding diaryl/α,β-unsaturated/α-hetero) is 1. The molecule has 0 fully saturated rings. The fourth-order valence-electron chi connectivity index (χ4n) is 2.76. The van der Waals surface area contributed by atoms with Crippen molar-refractivity contribution in [3.05, 3.63) is 0 Å². The molecule has 0 atom stereocenters. The lowest BCUT2D eigenvalue weighted by molar-refractivity contribution is -0.146. The Labute approximate surface area is 142 Å². The molecule has 0 bridgehead atoms. The topological polar surface area (TPSA) is 77.8 Å². The van der Waals surface area contributed by atoms with Gasteiger partial charge in [0.1, 0.15) is 0 Å². The second kappa shape index (κ2) is 15.1. The second-order valence-electron chi connectivity index (χ2n) is 6.76. The van der Waals surface area contributed by atoms with E-state index in [-0.39, 0.29) is 6.42 Å². The summed E-state index contributed by atoms with van der Waals surface area (Å²) in [5, 5.41) is 27.5. The first-order chi connectivity index (χ1) is 11.1. The average molecular weight is 331 g/mol. The molecule has 0 aromatic heterocycles. The van der Waals surface area contributed by atoms with Crippen LogP contribution in [-0.2, 0) is 4.79 Å². The fraction of sp³-hybridized carbons (Fsp3) is 0.947. The number of aliphatic hydroxyl groups excluding tert-OH is 2. The summed E-state index contributed by atoms with van der Waals surface area (Å²) in [5.74, 6) is -0.453. The highest BCUT2D eigenvalue weighted by atomic mass is 16.4. The van der Waals surface area contributed by atoms with Crippen molar-refractivity contribution >= 4 is 5.78 Å². The minimum absolute atomic E-state index is 0.232. The molecule has 0 amide bonds. The standard InChI is InChI=1S/C19H38O4/c1-2-3-4-5-6-7-8-9-10-11-12-13-14-15-18(22)19(23,16-20)17-21/h20-21,23H,2-17H2,1H3. The third-order valence-electron chi connectivity index (χ3n) is 4.55. The normalized spacial score (nSPS) is 11.8. The van der Waals surface area contributed by atoms with Crippen molar-refractivity contribution in [3.63, 3.8) is 0 Å². The maximum absolute atomic E-state index is 11.7. The summed E-state index contributed by atoms with van der Waals surface area (Å²) in [7, 11) is 0. The first-order valence-corrected chi connectivity index (χ1v) is 9.58. The van der Waals surface area contributed by atoms with Gasteiger partial charge < -0.3 is 15.3 Å². The van der Waals surface area contributed by atoms with Crippen LogP contribution in [-0.4, -0.2) is 39.9 Å². The number of carbonyl (C=O) groups excluding carboxylic acids is 1. The van der Waals surface area contributed by atoms with Gasteiger partial charge in [-0.05, 0) is 6.42 Å². The summed E-state index contributed by atoms with van der Waals surface area (Å²) in [5.41, 5.74) is -1.95. The molecule has 0 radical (unpaired) electrons. The van der Waals surface area contributed by atoms with Gasteiger partial charge in [0.15, 0.2) is 11.4 Å². The molecule has 0 unspecified atom stereocenters. The Kier molecular flexibility index (Phi) is 14.8. The van der Waals surface area contributed by atoms with Crippen molar-refractivity contribution in [1.29, 1.82) is 0 Å². The molecule has 3 N–H and O–H groups in total. The fourth-order valence-corrected chi connectivity index (χ4v) is 2.76. The van der Waals surface area contributed by atoms with Crippen LogP contribution in [0.4, 0.5) is 0 Å². The molecule has 0 saturated heterocycles. The van der Waals surface area contributed by atoms with Crippen molar-refractivity contribution in [2.75, 3.05) is 13.2 Å². The molecule has 0 heterocycles. The summed E-state index contributed by atoms with van der Waals surface area (Å²) < 4.78 is 0. The van der Waals surface area contributed by atoms with E-state index in [2.05, 4.69) is 6.92 Å². The maximum atomic E-state index is 11.7. The van der Waals surface area contributed by atoms with E-state index in [1.54, 1.807) is 0 Å². The quantitative estimate of drug-likeness (QED) is 0.355. The van der Waals surface area contributed by atoms with E-state index >= 15 is 0 Å². The summed E-state index contributed by atoms with van der Waals surface area (Å²) in [6, 6.07) is 0. The largest absolute Gasteiger partial charge is 0.393 e. The van der Waals surface area contributed by atoms with Crippen molar-refractivity contribution in [2.24, 2.45) is 0 Å². The predicted molar refractivity (Wildman–Crippen MR) is 94.4 cm³/mol. The number of carbonyl (C=O) groups is 1. The first kappa shape index (κ1) is 22.6. The highest BCUT2D eigenvalue weighted by molar-refractivity contribution is 5.87. The van der Waals surface area contributed by atoms with Crippen LogP contribution in [0.2, 0.25) is 0 Å². The van der Waals surface area contributed by atoms with Crippen LogP contribution in [0.5, 0.6) is 0 Å². The number of aliphatic hydroxyl groups is 3. The summed E-state index contributed by atoms with van der Waals surface area (Å²) >= 11 is 0. The Hall–Kier alpha value is -0.450. The Morgan fingerprint density at radius 2 is 1.04 bits per heavy atom. The van der Waals surface area contributed by atoms with Crippen LogP contribution >= 0.6 is 0 Å². The number of unbranched alkanes of at least 4 members (excludes halogenated alkanes) is 12. The van der Waals surface area contributed by atoms with Gasteiger partial charge in [-0.25, -0.2) is 0 Å². The van der Waals surface area contributed by atoms with E-state index in [0.29, 0.717) is 0 Å². The minimum Gasteiger partial charge on any atom is -0.393 e. The van der Waals surface area contributed by atoms with Gasteiger partial charge in [0.25, 0.3) is 0 Å². The van der Waals surface area contributed by atoms with Gasteiger partial charge in [-0.15, -0.1) is 0 Å². The van der Waals surface area contributed by atoms with Gasteiger partial charge in [-0.2, -0.15) is 0 Å². The van der Waals surface area contributed by atoms with Crippen LogP contribution in [0.25, 0.3) is 0 Å². The van der Waals surface area contributed by atoms with Gasteiger partial charge >= 0.3 is 0 Å². The van der Waals surface area contributed by atoms with E-state index in [0.717, 1.165) is 19.3 Å². The first-order valence-electron chi connectivity index (χ1n) is 9.58. The third-order valence-corrected chi connectivity index (χ3v) is 4.55. The van der Waals surface area contributed by atoms with Gasteiger partial charge in [0.2, 0.25) is 0 Å². The van der Waals surface area contributed by atoms with Crippen LogP contribution in [0.3, 0.4) is 0 Å². The van der Waals surface area contributed by atoms with E-state index in [4.69, 9.17) is 10.2 Å². The summed E-state index contributed by atoms with van der Waals surface area (Å²) in [6.07, 6.45) is 16.3. The zero-order chi connectivity index (χ0) is 17.4. The van der Waals surface area contributed by atoms with Crippen molar-refractivity contribution in [2.45, 2.75) is 102 Å². The SMILES string of the molecule is CCCCCCCCCCCCCCCC(=O)C(O)(CO)CO. The van der Waals surface area contributed by atoms with Crippen molar-refractivity contribution in [3.8, 4) is 0 Å². The lowest BCUT2D eigenvalue weighted by Crippen LogP contribution is -2.45. The number of hydrogen-bond acceptors (Lipinski definition) is 4. The van der Waals surface area contributed by atoms with Gasteiger partial charge in [-0.3, -0.25) is 4.79 Å². The Morgan fingerprint density at radius 1 is 0.696 bits per heavy atom. The monoisotopic (exact) mass is 330 g/mol. The van der Waals surface area contributed by atoms with Crippen LogP contribution in [0.1, 0.15) is 96.8 Å². The lowest BCUT2D eigenvalue weighted by Gasteiger charge is -2.21. The van der Waals surface area contributed by atoms with Gasteiger partial charge in [-0.1, -0.05) is 84.0 Å². The third kappa shape index (κ3) is 11.7. The molecule has 138 valence electrons. The summed E-state index contributed by atoms with van der Waals surface area (Å²) in [4.78, 5) is 11.7. The van der Waals surface area contributed by atoms with E-state index in [1.165, 1.54) is 64.2 Å². The molecule has 4 nitrogen and oxygen atoms in total. The smallest absolute Gasteiger partial charge is 0.169 e. The van der Waals surface area contributed by atoms with Crippen molar-refractivity contribution in [1.82, 2.24) is 0 Å². The molecule has 0 aromatic carbocycles. The van der Waals surface area contributed by atoms with E-state index in [1.807, 2.05) is 0 Å². The Morgan fingerprint density at radius 3 is 1.39 bits per heavy atom. The lowest BCUT2D eigenvalue weighted by atomic mass is 9.95. The van der Waals surface area contributed by atoms with Crippen LogP contribution < -0.4 is 0 Å². The number of rotatable bonds is 17. The minimum atomic E-state index is -1.95. The number of ketones is 1. The predicted octanol–water partition coefficient (Wildman–Crippen LogP) is 3.75. The molecule has 0 rings (SSSR count). The molecular formula is C19H38O4. The van der Waals surface area contributed by atoms with Gasteiger partial charge in [0, 0.05) is 6.42 Å².